The lowest BCUT2D eigenvalue weighted by molar-refractivity contribution is 1.18. The first-order chi connectivity index (χ1) is 37.8. The number of para-hydroxylation sites is 4. The van der Waals surface area contributed by atoms with Crippen LogP contribution in [0.3, 0.4) is 0 Å². The number of nitrogens with zero attached hydrogens (tertiary/aromatic N) is 4. The normalized spacial score (nSPS) is 11.9. The minimum Gasteiger partial charge on any atom is -0.310 e. The average Bonchev–Trinajstić information content (AvgIpc) is 3.99. The zero-order valence-electron chi connectivity index (χ0n) is 43.7. The van der Waals surface area contributed by atoms with Crippen molar-refractivity contribution in [3.63, 3.8) is 0 Å². The molecule has 0 radical (unpaired) electrons. The molecule has 0 amide bonds. The summed E-state index contributed by atoms with van der Waals surface area (Å²) in [4.78, 5) is 4.93. The van der Waals surface area contributed by atoms with E-state index in [4.69, 9.17) is 0 Å². The molecule has 0 unspecified atom stereocenters. The lowest BCUT2D eigenvalue weighted by Crippen LogP contribution is -2.53. The fourth-order valence-electron chi connectivity index (χ4n) is 12.4. The zero-order valence-corrected chi connectivity index (χ0v) is 44.7. The number of fused-ring (bicyclic) bond motifs is 8. The van der Waals surface area contributed by atoms with Crippen LogP contribution in [0.2, 0.25) is 13.1 Å². The molecule has 0 N–H and O–H groups in total. The third-order valence-electron chi connectivity index (χ3n) is 16.1. The fraction of sp³-hybridized carbons (Fsp3) is 0.0556. The van der Waals surface area contributed by atoms with Gasteiger partial charge in [0, 0.05) is 66.4 Å². The first kappa shape index (κ1) is 46.1. The van der Waals surface area contributed by atoms with Gasteiger partial charge in [0.15, 0.2) is 0 Å². The van der Waals surface area contributed by atoms with Crippen LogP contribution in [0.1, 0.15) is 11.1 Å². The van der Waals surface area contributed by atoms with Crippen LogP contribution < -0.4 is 20.2 Å². The van der Waals surface area contributed by atoms with Gasteiger partial charge in [0.25, 0.3) is 0 Å². The van der Waals surface area contributed by atoms with Gasteiger partial charge < -0.3 is 18.9 Å². The summed E-state index contributed by atoms with van der Waals surface area (Å²) in [5.74, 6) is 0. The molecule has 0 aliphatic heterocycles. The molecule has 2 aromatic heterocycles. The summed E-state index contributed by atoms with van der Waals surface area (Å²) in [5, 5.41) is 12.8. The Morgan fingerprint density at radius 3 is 1.04 bits per heavy atom. The van der Waals surface area contributed by atoms with Crippen LogP contribution in [0.5, 0.6) is 0 Å². The van der Waals surface area contributed by atoms with Crippen LogP contribution >= 0.6 is 0 Å². The van der Waals surface area contributed by atoms with E-state index in [0.29, 0.717) is 0 Å². The first-order valence-corrected chi connectivity index (χ1v) is 29.8. The van der Waals surface area contributed by atoms with Gasteiger partial charge in [-0.15, -0.1) is 0 Å². The topological polar surface area (TPSA) is 16.3 Å². The highest BCUT2D eigenvalue weighted by molar-refractivity contribution is 7.03. The van der Waals surface area contributed by atoms with Crippen molar-refractivity contribution in [2.45, 2.75) is 26.9 Å². The van der Waals surface area contributed by atoms with Crippen molar-refractivity contribution in [1.82, 2.24) is 9.13 Å². The monoisotopic (exact) mass is 1000 g/mol. The summed E-state index contributed by atoms with van der Waals surface area (Å²) in [6, 6.07) is 98.9. The minimum atomic E-state index is -2.47. The molecule has 0 bridgehead atoms. The second-order valence-electron chi connectivity index (χ2n) is 21.1. The van der Waals surface area contributed by atoms with Crippen molar-refractivity contribution in [2.75, 3.05) is 9.80 Å². The van der Waals surface area contributed by atoms with Gasteiger partial charge in [0.2, 0.25) is 0 Å². The molecule has 0 atom stereocenters. The molecule has 14 rings (SSSR count). The predicted molar refractivity (Wildman–Crippen MR) is 332 cm³/mol. The van der Waals surface area contributed by atoms with E-state index < -0.39 is 8.07 Å². The van der Waals surface area contributed by atoms with Gasteiger partial charge in [-0.05, 0) is 144 Å². The quantitative estimate of drug-likeness (QED) is 0.127. The van der Waals surface area contributed by atoms with Crippen LogP contribution in [0, 0.1) is 13.8 Å². The van der Waals surface area contributed by atoms with Crippen LogP contribution in [-0.2, 0) is 0 Å². The Morgan fingerprint density at radius 2 is 0.610 bits per heavy atom. The number of benzene rings is 12. The molecule has 0 saturated heterocycles. The number of anilines is 6. The van der Waals surface area contributed by atoms with E-state index in [0.717, 1.165) is 45.5 Å². The van der Waals surface area contributed by atoms with E-state index in [9.17, 15) is 0 Å². The second kappa shape index (κ2) is 18.4. The molecule has 77 heavy (non-hydrogen) atoms. The summed E-state index contributed by atoms with van der Waals surface area (Å²) in [6.45, 7) is 9.41. The van der Waals surface area contributed by atoms with Crippen LogP contribution in [0.15, 0.2) is 267 Å². The van der Waals surface area contributed by atoms with E-state index in [-0.39, 0.29) is 0 Å². The summed E-state index contributed by atoms with van der Waals surface area (Å²) >= 11 is 0. The van der Waals surface area contributed by atoms with Gasteiger partial charge in [-0.25, -0.2) is 0 Å². The third kappa shape index (κ3) is 7.64. The molecule has 4 nitrogen and oxygen atoms in total. The van der Waals surface area contributed by atoms with Crippen molar-refractivity contribution in [1.29, 1.82) is 0 Å². The SMILES string of the molecule is Cc1ccc(N(c2ccc3c(c2)c2ccccc2n3-c2ccccc2)c2cccc3c([Si](C)(C)c4cccc5c(N(c6ccc(C)cc6)c6ccc7c(c6)c6ccccc6n7-c6ccccc6)cccc45)cccc23)cc1. The summed E-state index contributed by atoms with van der Waals surface area (Å²) in [5.41, 5.74) is 16.3. The molecule has 14 aromatic rings. The lowest BCUT2D eigenvalue weighted by atomic mass is 10.0. The number of rotatable bonds is 10. The molecule has 368 valence electrons. The molecule has 12 aromatic carbocycles. The summed E-state index contributed by atoms with van der Waals surface area (Å²) in [7, 11) is -2.47. The maximum absolute atomic E-state index is 2.54. The summed E-state index contributed by atoms with van der Waals surface area (Å²) < 4.78 is 4.78. The van der Waals surface area contributed by atoms with Crippen LogP contribution in [-0.4, -0.2) is 17.2 Å². The van der Waals surface area contributed by atoms with Gasteiger partial charge >= 0.3 is 0 Å². The van der Waals surface area contributed by atoms with E-state index >= 15 is 0 Å². The maximum Gasteiger partial charge on any atom is 0.113 e. The van der Waals surface area contributed by atoms with E-state index in [1.165, 1.54) is 86.7 Å². The largest absolute Gasteiger partial charge is 0.310 e. The summed E-state index contributed by atoms with van der Waals surface area (Å²) in [6.07, 6.45) is 0. The van der Waals surface area contributed by atoms with Gasteiger partial charge in [-0.1, -0.05) is 182 Å². The van der Waals surface area contributed by atoms with Crippen molar-refractivity contribution in [3.05, 3.63) is 278 Å². The maximum atomic E-state index is 2.54. The standard InChI is InChI=1S/C72H56N4Si/c1-49-35-39-53(40-36-49)73(55-43-45-69-63(47-55)59-23-11-13-29-67(59)75(69)51-19-7-5-8-20-51)65-31-15-27-61-57(65)25-17-33-71(61)77(3,4)72-34-18-26-58-62(72)28-16-32-66(58)74(54-41-37-50(2)38-42-54)56-44-46-70-64(48-56)60-24-12-14-30-68(60)76(70)52-21-9-6-10-22-52/h5-48H,1-4H3. The number of aromatic nitrogens is 2. The van der Waals surface area contributed by atoms with Crippen molar-refractivity contribution < 1.29 is 0 Å². The van der Waals surface area contributed by atoms with Crippen LogP contribution in [0.25, 0.3) is 76.5 Å². The smallest absolute Gasteiger partial charge is 0.113 e. The van der Waals surface area contributed by atoms with Gasteiger partial charge in [0.1, 0.15) is 8.07 Å². The molecular formula is C72H56N4Si. The zero-order chi connectivity index (χ0) is 51.8. The molecule has 5 heteroatoms. The Hall–Kier alpha value is -9.42. The fourth-order valence-corrected chi connectivity index (χ4v) is 15.5. The highest BCUT2D eigenvalue weighted by Crippen LogP contribution is 2.45. The van der Waals surface area contributed by atoms with Crippen molar-refractivity contribution in [3.8, 4) is 11.4 Å². The third-order valence-corrected chi connectivity index (χ3v) is 19.6. The lowest BCUT2D eigenvalue weighted by Gasteiger charge is -2.31. The second-order valence-corrected chi connectivity index (χ2v) is 25.4. The van der Waals surface area contributed by atoms with Gasteiger partial charge in [0.05, 0.1) is 33.4 Å². The predicted octanol–water partition coefficient (Wildman–Crippen LogP) is 18.6. The average molecular weight is 1010 g/mol. The van der Waals surface area contributed by atoms with Crippen molar-refractivity contribution in [2.24, 2.45) is 0 Å². The molecule has 0 spiro atoms. The van der Waals surface area contributed by atoms with Gasteiger partial charge in [-0.2, -0.15) is 0 Å². The number of hydrogen-bond donors (Lipinski definition) is 0. The highest BCUT2D eigenvalue weighted by Gasteiger charge is 2.31. The highest BCUT2D eigenvalue weighted by atomic mass is 28.3. The molecule has 0 fully saturated rings. The van der Waals surface area contributed by atoms with Crippen molar-refractivity contribution >= 4 is 118 Å². The Balaban J connectivity index is 0.915. The molecule has 2 heterocycles. The van der Waals surface area contributed by atoms with E-state index in [1.54, 1.807) is 0 Å². The molecular weight excluding hydrogens is 949 g/mol. The van der Waals surface area contributed by atoms with E-state index in [1.807, 2.05) is 0 Å². The van der Waals surface area contributed by atoms with E-state index in [2.05, 4.69) is 313 Å². The molecule has 0 aliphatic rings. The number of aryl methyl sites for hydroxylation is 2. The molecule has 0 saturated carbocycles. The first-order valence-electron chi connectivity index (χ1n) is 26.8. The number of hydrogen-bond acceptors (Lipinski definition) is 2. The Bertz CT molecular complexity index is 4260. The van der Waals surface area contributed by atoms with Gasteiger partial charge in [-0.3, -0.25) is 0 Å². The van der Waals surface area contributed by atoms with Crippen LogP contribution in [0.4, 0.5) is 34.1 Å². The Morgan fingerprint density at radius 1 is 0.273 bits per heavy atom. The molecule has 0 aliphatic carbocycles. The Kier molecular flexibility index (Phi) is 11.1. The minimum absolute atomic E-state index is 1.12. The Labute approximate surface area is 450 Å².